The highest BCUT2D eigenvalue weighted by molar-refractivity contribution is 5.33. The molecule has 0 unspecified atom stereocenters. The van der Waals surface area contributed by atoms with E-state index in [-0.39, 0.29) is 6.10 Å². The Kier molecular flexibility index (Phi) is 3.15. The summed E-state index contributed by atoms with van der Waals surface area (Å²) in [7, 11) is 0. The lowest BCUT2D eigenvalue weighted by molar-refractivity contribution is 0.241. The van der Waals surface area contributed by atoms with E-state index in [1.807, 2.05) is 19.9 Å². The number of ether oxygens (including phenoxy) is 2. The lowest BCUT2D eigenvalue weighted by atomic mass is 10.3. The van der Waals surface area contributed by atoms with Gasteiger partial charge in [0.2, 0.25) is 0 Å². The first kappa shape index (κ1) is 9.40. The van der Waals surface area contributed by atoms with Gasteiger partial charge in [-0.3, -0.25) is 0 Å². The van der Waals surface area contributed by atoms with Crippen LogP contribution >= 0.6 is 0 Å². The molecule has 0 N–H and O–H groups in total. The molecule has 0 radical (unpaired) electrons. The third kappa shape index (κ3) is 3.04. The van der Waals surface area contributed by atoms with Gasteiger partial charge in [-0.25, -0.2) is 0 Å². The Bertz CT molecular complexity index is 315. The van der Waals surface area contributed by atoms with Gasteiger partial charge in [0.1, 0.15) is 11.5 Å². The van der Waals surface area contributed by atoms with Crippen molar-refractivity contribution in [1.82, 2.24) is 0 Å². The monoisotopic (exact) mass is 177 g/mol. The normalized spacial score (nSPS) is 9.38. The van der Waals surface area contributed by atoms with Gasteiger partial charge in [0.25, 0.3) is 6.26 Å². The van der Waals surface area contributed by atoms with E-state index in [0.29, 0.717) is 11.5 Å². The SMILES string of the molecule is CC(C)Oc1cccc(OC#N)c1. The first-order valence-corrected chi connectivity index (χ1v) is 4.05. The lowest BCUT2D eigenvalue weighted by Gasteiger charge is -2.09. The van der Waals surface area contributed by atoms with Gasteiger partial charge in [-0.15, -0.1) is 5.26 Å². The predicted octanol–water partition coefficient (Wildman–Crippen LogP) is 2.33. The largest absolute Gasteiger partial charge is 0.491 e. The molecule has 0 saturated heterocycles. The molecule has 3 heteroatoms. The predicted molar refractivity (Wildman–Crippen MR) is 48.4 cm³/mol. The number of hydrogen-bond donors (Lipinski definition) is 0. The highest BCUT2D eigenvalue weighted by atomic mass is 16.5. The van der Waals surface area contributed by atoms with Crippen LogP contribution in [0.3, 0.4) is 0 Å². The number of rotatable bonds is 3. The molecule has 0 bridgehead atoms. The summed E-state index contributed by atoms with van der Waals surface area (Å²) >= 11 is 0. The van der Waals surface area contributed by atoms with Crippen LogP contribution in [0.4, 0.5) is 0 Å². The maximum Gasteiger partial charge on any atom is 0.292 e. The lowest BCUT2D eigenvalue weighted by Crippen LogP contribution is -2.05. The van der Waals surface area contributed by atoms with Crippen molar-refractivity contribution >= 4 is 0 Å². The minimum Gasteiger partial charge on any atom is -0.491 e. The van der Waals surface area contributed by atoms with Crippen molar-refractivity contribution in [2.75, 3.05) is 0 Å². The number of nitriles is 1. The third-order valence-electron chi connectivity index (χ3n) is 1.34. The molecule has 0 aromatic heterocycles. The summed E-state index contributed by atoms with van der Waals surface area (Å²) in [5.41, 5.74) is 0. The molecule has 1 aromatic carbocycles. The summed E-state index contributed by atoms with van der Waals surface area (Å²) in [6.45, 7) is 3.88. The van der Waals surface area contributed by atoms with Gasteiger partial charge >= 0.3 is 0 Å². The van der Waals surface area contributed by atoms with E-state index in [9.17, 15) is 0 Å². The highest BCUT2D eigenvalue weighted by Gasteiger charge is 1.99. The standard InChI is InChI=1S/C10H11NO2/c1-8(2)13-10-5-3-4-9(6-10)12-7-11/h3-6,8H,1-2H3. The van der Waals surface area contributed by atoms with Crippen molar-refractivity contribution in [3.05, 3.63) is 24.3 Å². The summed E-state index contributed by atoms with van der Waals surface area (Å²) in [6, 6.07) is 6.99. The van der Waals surface area contributed by atoms with E-state index < -0.39 is 0 Å². The molecule has 0 aliphatic carbocycles. The van der Waals surface area contributed by atoms with Gasteiger partial charge in [0.15, 0.2) is 0 Å². The van der Waals surface area contributed by atoms with Gasteiger partial charge in [-0.05, 0) is 26.0 Å². The molecule has 0 spiro atoms. The second-order valence-corrected chi connectivity index (χ2v) is 2.83. The van der Waals surface area contributed by atoms with Crippen LogP contribution in [0.5, 0.6) is 11.5 Å². The smallest absolute Gasteiger partial charge is 0.292 e. The second kappa shape index (κ2) is 4.36. The molecular formula is C10H11NO2. The molecule has 68 valence electrons. The van der Waals surface area contributed by atoms with Crippen molar-refractivity contribution in [1.29, 1.82) is 5.26 Å². The Labute approximate surface area is 77.5 Å². The van der Waals surface area contributed by atoms with Gasteiger partial charge in [0.05, 0.1) is 6.10 Å². The number of benzene rings is 1. The van der Waals surface area contributed by atoms with Crippen LogP contribution in [-0.4, -0.2) is 6.10 Å². The molecule has 0 heterocycles. The molecule has 0 atom stereocenters. The van der Waals surface area contributed by atoms with Crippen LogP contribution in [-0.2, 0) is 0 Å². The van der Waals surface area contributed by atoms with Crippen molar-refractivity contribution in [3.63, 3.8) is 0 Å². The first-order chi connectivity index (χ1) is 6.22. The topological polar surface area (TPSA) is 42.2 Å². The van der Waals surface area contributed by atoms with Crippen LogP contribution in [0.2, 0.25) is 0 Å². The molecule has 3 nitrogen and oxygen atoms in total. The summed E-state index contributed by atoms with van der Waals surface area (Å²) in [6.07, 6.45) is 1.73. The summed E-state index contributed by atoms with van der Waals surface area (Å²) in [4.78, 5) is 0. The molecule has 0 aliphatic heterocycles. The zero-order chi connectivity index (χ0) is 9.68. The fraction of sp³-hybridized carbons (Fsp3) is 0.300. The van der Waals surface area contributed by atoms with Crippen LogP contribution in [0.15, 0.2) is 24.3 Å². The fourth-order valence-electron chi connectivity index (χ4n) is 0.936. The third-order valence-corrected chi connectivity index (χ3v) is 1.34. The minimum absolute atomic E-state index is 0.123. The molecule has 1 aromatic rings. The highest BCUT2D eigenvalue weighted by Crippen LogP contribution is 2.19. The van der Waals surface area contributed by atoms with Gasteiger partial charge < -0.3 is 9.47 Å². The first-order valence-electron chi connectivity index (χ1n) is 4.05. The molecule has 0 aliphatic rings. The van der Waals surface area contributed by atoms with E-state index in [1.54, 1.807) is 24.5 Å². The molecule has 0 amide bonds. The quantitative estimate of drug-likeness (QED) is 0.665. The number of nitrogens with zero attached hydrogens (tertiary/aromatic N) is 1. The zero-order valence-electron chi connectivity index (χ0n) is 7.65. The Morgan fingerprint density at radius 1 is 1.31 bits per heavy atom. The summed E-state index contributed by atoms with van der Waals surface area (Å²) in [5.74, 6) is 1.21. The fourth-order valence-corrected chi connectivity index (χ4v) is 0.936. The maximum absolute atomic E-state index is 8.28. The minimum atomic E-state index is 0.123. The Morgan fingerprint density at radius 2 is 2.00 bits per heavy atom. The molecule has 0 saturated carbocycles. The number of hydrogen-bond acceptors (Lipinski definition) is 3. The van der Waals surface area contributed by atoms with Gasteiger partial charge in [-0.1, -0.05) is 6.07 Å². The Balaban J connectivity index is 2.74. The van der Waals surface area contributed by atoms with Crippen molar-refractivity contribution < 1.29 is 9.47 Å². The van der Waals surface area contributed by atoms with Crippen LogP contribution < -0.4 is 9.47 Å². The van der Waals surface area contributed by atoms with Gasteiger partial charge in [0, 0.05) is 6.07 Å². The van der Waals surface area contributed by atoms with Crippen LogP contribution in [0, 0.1) is 11.5 Å². The van der Waals surface area contributed by atoms with E-state index in [1.165, 1.54) is 0 Å². The van der Waals surface area contributed by atoms with Crippen LogP contribution in [0.25, 0.3) is 0 Å². The van der Waals surface area contributed by atoms with E-state index in [0.717, 1.165) is 0 Å². The molecule has 13 heavy (non-hydrogen) atoms. The van der Waals surface area contributed by atoms with Crippen molar-refractivity contribution in [3.8, 4) is 17.8 Å². The zero-order valence-corrected chi connectivity index (χ0v) is 7.65. The molecular weight excluding hydrogens is 166 g/mol. The van der Waals surface area contributed by atoms with E-state index in [4.69, 9.17) is 10.00 Å². The van der Waals surface area contributed by atoms with E-state index >= 15 is 0 Å². The summed E-state index contributed by atoms with van der Waals surface area (Å²) < 4.78 is 10.1. The van der Waals surface area contributed by atoms with E-state index in [2.05, 4.69) is 4.74 Å². The van der Waals surface area contributed by atoms with Crippen molar-refractivity contribution in [2.45, 2.75) is 20.0 Å². The van der Waals surface area contributed by atoms with Crippen molar-refractivity contribution in [2.24, 2.45) is 0 Å². The van der Waals surface area contributed by atoms with Crippen LogP contribution in [0.1, 0.15) is 13.8 Å². The van der Waals surface area contributed by atoms with Gasteiger partial charge in [-0.2, -0.15) is 0 Å². The summed E-state index contributed by atoms with van der Waals surface area (Å²) in [5, 5.41) is 8.28. The molecule has 1 rings (SSSR count). The second-order valence-electron chi connectivity index (χ2n) is 2.83. The Hall–Kier alpha value is -1.69. The maximum atomic E-state index is 8.28. The Morgan fingerprint density at radius 3 is 2.62 bits per heavy atom. The average molecular weight is 177 g/mol. The average Bonchev–Trinajstić information content (AvgIpc) is 2.04. The molecule has 0 fully saturated rings.